The molecule has 2 heterocycles. The molecule has 126 valence electrons. The summed E-state index contributed by atoms with van der Waals surface area (Å²) < 4.78 is 27.9. The molecule has 0 radical (unpaired) electrons. The molecule has 1 aromatic heterocycles. The Kier molecular flexibility index (Phi) is 3.81. The highest BCUT2D eigenvalue weighted by Crippen LogP contribution is 2.36. The van der Waals surface area contributed by atoms with E-state index < -0.39 is 10.0 Å². The summed E-state index contributed by atoms with van der Waals surface area (Å²) in [6.45, 7) is 1.95. The van der Waals surface area contributed by atoms with Gasteiger partial charge in [0.1, 0.15) is 0 Å². The maximum Gasteiger partial charge on any atom is 0.264 e. The van der Waals surface area contributed by atoms with Crippen LogP contribution in [0.3, 0.4) is 0 Å². The van der Waals surface area contributed by atoms with Crippen LogP contribution in [0.15, 0.2) is 78.0 Å². The Bertz CT molecular complexity index is 999. The minimum absolute atomic E-state index is 0.0812. The number of rotatable bonds is 3. The first kappa shape index (κ1) is 15.8. The molecule has 0 bridgehead atoms. The van der Waals surface area contributed by atoms with E-state index in [0.29, 0.717) is 4.90 Å². The van der Waals surface area contributed by atoms with Crippen molar-refractivity contribution in [3.05, 3.63) is 78.6 Å². The minimum atomic E-state index is -3.58. The number of nitrogens with zero attached hydrogens (tertiary/aromatic N) is 2. The topological polar surface area (TPSA) is 50.3 Å². The van der Waals surface area contributed by atoms with Crippen molar-refractivity contribution in [2.45, 2.75) is 24.3 Å². The van der Waals surface area contributed by atoms with Crippen molar-refractivity contribution in [3.8, 4) is 11.1 Å². The van der Waals surface area contributed by atoms with Crippen LogP contribution in [0, 0.1) is 0 Å². The molecule has 1 unspecified atom stereocenters. The quantitative estimate of drug-likeness (QED) is 0.720. The molecule has 1 aliphatic rings. The van der Waals surface area contributed by atoms with Crippen molar-refractivity contribution in [2.24, 2.45) is 0 Å². The van der Waals surface area contributed by atoms with E-state index in [1.165, 1.54) is 0 Å². The molecule has 25 heavy (non-hydrogen) atoms. The second kappa shape index (κ2) is 6.01. The second-order valence-electron chi connectivity index (χ2n) is 6.24. The fourth-order valence-corrected chi connectivity index (χ4v) is 5.07. The summed E-state index contributed by atoms with van der Waals surface area (Å²) in [4.78, 5) is 4.32. The Balaban J connectivity index is 1.72. The lowest BCUT2D eigenvalue weighted by Crippen LogP contribution is -2.35. The van der Waals surface area contributed by atoms with Crippen LogP contribution in [-0.4, -0.2) is 19.4 Å². The van der Waals surface area contributed by atoms with Gasteiger partial charge in [0.05, 0.1) is 10.6 Å². The maximum absolute atomic E-state index is 13.2. The predicted molar refractivity (Wildman–Crippen MR) is 98.9 cm³/mol. The second-order valence-corrected chi connectivity index (χ2v) is 8.06. The Labute approximate surface area is 147 Å². The van der Waals surface area contributed by atoms with Crippen molar-refractivity contribution in [2.75, 3.05) is 4.31 Å². The van der Waals surface area contributed by atoms with Crippen molar-refractivity contribution in [1.29, 1.82) is 0 Å². The SMILES string of the molecule is CC1Cc2ccccc2N1S(=O)(=O)c1ccc(-c2ccncc2)cc1. The number of hydrogen-bond acceptors (Lipinski definition) is 3. The Hall–Kier alpha value is -2.66. The van der Waals surface area contributed by atoms with Crippen LogP contribution in [-0.2, 0) is 16.4 Å². The monoisotopic (exact) mass is 350 g/mol. The zero-order chi connectivity index (χ0) is 17.4. The highest BCUT2D eigenvalue weighted by Gasteiger charge is 2.35. The normalized spacial score (nSPS) is 16.7. The van der Waals surface area contributed by atoms with Crippen LogP contribution < -0.4 is 4.31 Å². The standard InChI is InChI=1S/C20H18N2O2S/c1-15-14-18-4-2-3-5-20(18)22(15)25(23,24)19-8-6-16(7-9-19)17-10-12-21-13-11-17/h2-13,15H,14H2,1H3. The first-order valence-electron chi connectivity index (χ1n) is 8.20. The molecule has 0 amide bonds. The highest BCUT2D eigenvalue weighted by molar-refractivity contribution is 7.92. The number of para-hydroxylation sites is 1. The third kappa shape index (κ3) is 2.70. The molecular weight excluding hydrogens is 332 g/mol. The van der Waals surface area contributed by atoms with E-state index >= 15 is 0 Å². The predicted octanol–water partition coefficient (Wildman–Crippen LogP) is 3.89. The summed E-state index contributed by atoms with van der Waals surface area (Å²) in [7, 11) is -3.58. The van der Waals surface area contributed by atoms with E-state index in [4.69, 9.17) is 0 Å². The number of anilines is 1. The molecule has 0 spiro atoms. The summed E-state index contributed by atoms with van der Waals surface area (Å²) in [5, 5.41) is 0. The average molecular weight is 350 g/mol. The van der Waals surface area contributed by atoms with Gasteiger partial charge >= 0.3 is 0 Å². The van der Waals surface area contributed by atoms with Crippen LogP contribution in [0.5, 0.6) is 0 Å². The molecule has 0 fully saturated rings. The van der Waals surface area contributed by atoms with Crippen LogP contribution in [0.25, 0.3) is 11.1 Å². The molecule has 0 aliphatic carbocycles. The number of aromatic nitrogens is 1. The van der Waals surface area contributed by atoms with Crippen LogP contribution in [0.4, 0.5) is 5.69 Å². The van der Waals surface area contributed by atoms with Gasteiger partial charge in [0.15, 0.2) is 0 Å². The van der Waals surface area contributed by atoms with Gasteiger partial charge in [-0.05, 0) is 60.4 Å². The number of sulfonamides is 1. The number of hydrogen-bond donors (Lipinski definition) is 0. The van der Waals surface area contributed by atoms with E-state index in [2.05, 4.69) is 4.98 Å². The molecular formula is C20H18N2O2S. The maximum atomic E-state index is 13.2. The van der Waals surface area contributed by atoms with Crippen molar-refractivity contribution in [1.82, 2.24) is 4.98 Å². The fraction of sp³-hybridized carbons (Fsp3) is 0.150. The zero-order valence-corrected chi connectivity index (χ0v) is 14.6. The summed E-state index contributed by atoms with van der Waals surface area (Å²) in [6.07, 6.45) is 4.19. The smallest absolute Gasteiger partial charge is 0.264 e. The number of pyridine rings is 1. The molecule has 0 saturated carbocycles. The molecule has 3 aromatic rings. The highest BCUT2D eigenvalue weighted by atomic mass is 32.2. The Morgan fingerprint density at radius 3 is 2.28 bits per heavy atom. The van der Waals surface area contributed by atoms with E-state index in [9.17, 15) is 8.42 Å². The van der Waals surface area contributed by atoms with Crippen molar-refractivity contribution in [3.63, 3.8) is 0 Å². The van der Waals surface area contributed by atoms with Gasteiger partial charge in [0.25, 0.3) is 10.0 Å². The van der Waals surface area contributed by atoms with Crippen LogP contribution in [0.1, 0.15) is 12.5 Å². The lowest BCUT2D eigenvalue weighted by Gasteiger charge is -2.24. The number of fused-ring (bicyclic) bond motifs is 1. The molecule has 1 aliphatic heterocycles. The van der Waals surface area contributed by atoms with Gasteiger partial charge in [0.2, 0.25) is 0 Å². The van der Waals surface area contributed by atoms with E-state index in [-0.39, 0.29) is 6.04 Å². The van der Waals surface area contributed by atoms with Crippen molar-refractivity contribution < 1.29 is 8.42 Å². The Morgan fingerprint density at radius 2 is 1.56 bits per heavy atom. The molecule has 4 nitrogen and oxygen atoms in total. The van der Waals surface area contributed by atoms with Crippen LogP contribution in [0.2, 0.25) is 0 Å². The van der Waals surface area contributed by atoms with E-state index in [0.717, 1.165) is 28.8 Å². The summed E-state index contributed by atoms with van der Waals surface area (Å²) in [5.74, 6) is 0. The molecule has 2 aromatic carbocycles. The zero-order valence-electron chi connectivity index (χ0n) is 13.8. The first-order chi connectivity index (χ1) is 12.1. The largest absolute Gasteiger partial charge is 0.265 e. The van der Waals surface area contributed by atoms with Gasteiger partial charge in [-0.3, -0.25) is 9.29 Å². The molecule has 0 N–H and O–H groups in total. The van der Waals surface area contributed by atoms with Crippen LogP contribution >= 0.6 is 0 Å². The van der Waals surface area contributed by atoms with Gasteiger partial charge in [-0.25, -0.2) is 8.42 Å². The van der Waals surface area contributed by atoms with Gasteiger partial charge in [-0.15, -0.1) is 0 Å². The molecule has 4 rings (SSSR count). The summed E-state index contributed by atoms with van der Waals surface area (Å²) in [5.41, 5.74) is 3.84. The van der Waals surface area contributed by atoms with Gasteiger partial charge < -0.3 is 0 Å². The molecule has 0 saturated heterocycles. The van der Waals surface area contributed by atoms with E-state index in [1.807, 2.05) is 55.5 Å². The average Bonchev–Trinajstić information content (AvgIpc) is 2.99. The van der Waals surface area contributed by atoms with Gasteiger partial charge in [0, 0.05) is 18.4 Å². The molecule has 1 atom stereocenters. The van der Waals surface area contributed by atoms with Gasteiger partial charge in [-0.1, -0.05) is 30.3 Å². The Morgan fingerprint density at radius 1 is 0.920 bits per heavy atom. The third-order valence-corrected chi connectivity index (χ3v) is 6.51. The van der Waals surface area contributed by atoms with E-state index in [1.54, 1.807) is 28.8 Å². The molecule has 5 heteroatoms. The van der Waals surface area contributed by atoms with Crippen molar-refractivity contribution >= 4 is 15.7 Å². The lowest BCUT2D eigenvalue weighted by atomic mass is 10.1. The summed E-state index contributed by atoms with van der Waals surface area (Å²) in [6, 6.07) is 18.5. The summed E-state index contributed by atoms with van der Waals surface area (Å²) >= 11 is 0. The number of benzene rings is 2. The first-order valence-corrected chi connectivity index (χ1v) is 9.64. The van der Waals surface area contributed by atoms with Gasteiger partial charge in [-0.2, -0.15) is 0 Å². The minimum Gasteiger partial charge on any atom is -0.265 e. The fourth-order valence-electron chi connectivity index (χ4n) is 3.38. The third-order valence-electron chi connectivity index (χ3n) is 4.57. The lowest BCUT2D eigenvalue weighted by molar-refractivity contribution is 0.584.